The highest BCUT2D eigenvalue weighted by Crippen LogP contribution is 2.27. The number of unbranched alkanes of at least 4 members (excludes halogenated alkanes) is 35. The number of carboxylic acids is 1. The molecule has 12 heteroatoms. The van der Waals surface area contributed by atoms with Gasteiger partial charge in [0.05, 0.1) is 6.61 Å². The highest BCUT2D eigenvalue weighted by molar-refractivity contribution is 5.74. The molecule has 1 aliphatic heterocycles. The molecule has 1 aliphatic rings. The van der Waals surface area contributed by atoms with E-state index in [0.717, 1.165) is 116 Å². The first-order chi connectivity index (χ1) is 37.6. The van der Waals surface area contributed by atoms with E-state index in [4.69, 9.17) is 23.7 Å². The van der Waals surface area contributed by atoms with Crippen LogP contribution in [0, 0.1) is 0 Å². The van der Waals surface area contributed by atoms with Gasteiger partial charge in [-0.1, -0.05) is 250 Å². The van der Waals surface area contributed by atoms with E-state index >= 15 is 0 Å². The van der Waals surface area contributed by atoms with Gasteiger partial charge in [-0.15, -0.1) is 0 Å². The zero-order valence-electron chi connectivity index (χ0n) is 49.5. The summed E-state index contributed by atoms with van der Waals surface area (Å²) in [5, 5.41) is 31.5. The van der Waals surface area contributed by atoms with Gasteiger partial charge >= 0.3 is 23.9 Å². The van der Waals surface area contributed by atoms with Gasteiger partial charge in [0.2, 0.25) is 0 Å². The van der Waals surface area contributed by atoms with Gasteiger partial charge in [0.25, 0.3) is 0 Å². The van der Waals surface area contributed by atoms with E-state index < -0.39 is 67.3 Å². The number of esters is 3. The summed E-state index contributed by atoms with van der Waals surface area (Å²) in [4.78, 5) is 51.2. The second kappa shape index (κ2) is 53.6. The van der Waals surface area contributed by atoms with Crippen molar-refractivity contribution in [3.05, 3.63) is 36.5 Å². The molecule has 0 aromatic rings. The molecule has 0 spiro atoms. The molecule has 6 atom stereocenters. The van der Waals surface area contributed by atoms with E-state index in [1.54, 1.807) is 0 Å². The molecule has 1 saturated heterocycles. The van der Waals surface area contributed by atoms with Crippen molar-refractivity contribution in [1.82, 2.24) is 0 Å². The molecular formula is C65H116O12. The SMILES string of the molecule is CCCC/C=C\CCCCCCCC(=O)OC(COC(=O)CCCCCCCCCCCCCCCCCCCCC)COC1OC(C(=O)O)C(O)C(O)C1OC(=O)CCCCCCCCC/C=C\C/C=C\CCCCC. The number of hydrogen-bond donors (Lipinski definition) is 3. The van der Waals surface area contributed by atoms with Crippen LogP contribution in [-0.2, 0) is 42.9 Å². The number of rotatable bonds is 55. The second-order valence-electron chi connectivity index (χ2n) is 22.0. The van der Waals surface area contributed by atoms with Crippen LogP contribution in [0.4, 0.5) is 0 Å². The fraction of sp³-hybridized carbons (Fsp3) is 0.846. The molecular weight excluding hydrogens is 973 g/mol. The summed E-state index contributed by atoms with van der Waals surface area (Å²) < 4.78 is 28.5. The molecule has 6 unspecified atom stereocenters. The Labute approximate surface area is 470 Å². The lowest BCUT2D eigenvalue weighted by atomic mass is 9.98. The molecule has 0 aliphatic carbocycles. The maximum Gasteiger partial charge on any atom is 0.335 e. The molecule has 0 aromatic heterocycles. The summed E-state index contributed by atoms with van der Waals surface area (Å²) >= 11 is 0. The first-order valence-electron chi connectivity index (χ1n) is 32.0. The molecule has 3 N–H and O–H groups in total. The number of aliphatic carboxylic acids is 1. The number of carboxylic acid groups (broad SMARTS) is 1. The largest absolute Gasteiger partial charge is 0.479 e. The Balaban J connectivity index is 2.61. The van der Waals surface area contributed by atoms with Crippen LogP contribution in [0.2, 0.25) is 0 Å². The number of carbonyl (C=O) groups excluding carboxylic acids is 3. The summed E-state index contributed by atoms with van der Waals surface area (Å²) in [6.07, 6.45) is 51.1. The lowest BCUT2D eigenvalue weighted by Crippen LogP contribution is -2.61. The monoisotopic (exact) mass is 1090 g/mol. The molecule has 77 heavy (non-hydrogen) atoms. The lowest BCUT2D eigenvalue weighted by molar-refractivity contribution is -0.301. The van der Waals surface area contributed by atoms with Gasteiger partial charge in [-0.05, 0) is 70.6 Å². The fourth-order valence-corrected chi connectivity index (χ4v) is 9.73. The van der Waals surface area contributed by atoms with Crippen LogP contribution in [0.3, 0.4) is 0 Å². The number of carbonyl (C=O) groups is 4. The Hall–Kier alpha value is -3.06. The van der Waals surface area contributed by atoms with Crippen molar-refractivity contribution in [3.8, 4) is 0 Å². The third-order valence-electron chi connectivity index (χ3n) is 14.7. The average molecular weight is 1090 g/mol. The van der Waals surface area contributed by atoms with Crippen LogP contribution in [0.25, 0.3) is 0 Å². The van der Waals surface area contributed by atoms with E-state index in [-0.39, 0.29) is 25.9 Å². The molecule has 1 heterocycles. The van der Waals surface area contributed by atoms with Crippen molar-refractivity contribution in [1.29, 1.82) is 0 Å². The summed E-state index contributed by atoms with van der Waals surface area (Å²) in [6, 6.07) is 0. The maximum atomic E-state index is 13.1. The van der Waals surface area contributed by atoms with E-state index in [2.05, 4.69) is 57.2 Å². The van der Waals surface area contributed by atoms with E-state index in [0.29, 0.717) is 19.3 Å². The number of ether oxygens (including phenoxy) is 5. The minimum absolute atomic E-state index is 0.0536. The third-order valence-corrected chi connectivity index (χ3v) is 14.7. The Bertz CT molecular complexity index is 1480. The van der Waals surface area contributed by atoms with Crippen molar-refractivity contribution in [2.45, 2.75) is 340 Å². The highest BCUT2D eigenvalue weighted by atomic mass is 16.7. The van der Waals surface area contributed by atoms with Crippen molar-refractivity contribution < 1.29 is 58.2 Å². The third kappa shape index (κ3) is 43.4. The van der Waals surface area contributed by atoms with Crippen LogP contribution in [-0.4, -0.2) is 89.2 Å². The number of aliphatic hydroxyl groups is 2. The molecule has 0 saturated carbocycles. The Morgan fingerprint density at radius 1 is 0.429 bits per heavy atom. The van der Waals surface area contributed by atoms with Crippen LogP contribution in [0.15, 0.2) is 36.5 Å². The van der Waals surface area contributed by atoms with E-state index in [9.17, 15) is 34.5 Å². The Morgan fingerprint density at radius 2 is 0.792 bits per heavy atom. The van der Waals surface area contributed by atoms with Gasteiger partial charge in [-0.2, -0.15) is 0 Å². The van der Waals surface area contributed by atoms with Crippen LogP contribution in [0.1, 0.15) is 303 Å². The van der Waals surface area contributed by atoms with Crippen LogP contribution >= 0.6 is 0 Å². The van der Waals surface area contributed by atoms with Crippen molar-refractivity contribution in [3.63, 3.8) is 0 Å². The number of aliphatic hydroxyl groups excluding tert-OH is 2. The van der Waals surface area contributed by atoms with E-state index in [1.807, 2.05) is 0 Å². The molecule has 1 fully saturated rings. The summed E-state index contributed by atoms with van der Waals surface area (Å²) in [5.74, 6) is -3.11. The van der Waals surface area contributed by atoms with Gasteiger partial charge in [0.15, 0.2) is 24.6 Å². The topological polar surface area (TPSA) is 175 Å². The predicted molar refractivity (Wildman–Crippen MR) is 313 cm³/mol. The normalized spacial score (nSPS) is 18.2. The molecule has 12 nitrogen and oxygen atoms in total. The lowest BCUT2D eigenvalue weighted by Gasteiger charge is -2.40. The van der Waals surface area contributed by atoms with Crippen molar-refractivity contribution in [2.75, 3.05) is 13.2 Å². The Morgan fingerprint density at radius 3 is 1.25 bits per heavy atom. The first kappa shape index (κ1) is 72.0. The number of hydrogen-bond acceptors (Lipinski definition) is 11. The first-order valence-corrected chi connectivity index (χ1v) is 32.0. The zero-order valence-corrected chi connectivity index (χ0v) is 49.5. The summed E-state index contributed by atoms with van der Waals surface area (Å²) in [6.45, 7) is 5.96. The molecule has 0 amide bonds. The van der Waals surface area contributed by atoms with Crippen LogP contribution < -0.4 is 0 Å². The van der Waals surface area contributed by atoms with Crippen molar-refractivity contribution >= 4 is 23.9 Å². The smallest absolute Gasteiger partial charge is 0.335 e. The second-order valence-corrected chi connectivity index (χ2v) is 22.0. The minimum atomic E-state index is -1.90. The molecule has 0 radical (unpaired) electrons. The number of allylic oxidation sites excluding steroid dienone is 6. The van der Waals surface area contributed by atoms with Gasteiger partial charge in [0, 0.05) is 19.3 Å². The molecule has 448 valence electrons. The van der Waals surface area contributed by atoms with Gasteiger partial charge in [-0.25, -0.2) is 4.79 Å². The maximum absolute atomic E-state index is 13.1. The fourth-order valence-electron chi connectivity index (χ4n) is 9.73. The quantitative estimate of drug-likeness (QED) is 0.0228. The minimum Gasteiger partial charge on any atom is -0.479 e. The van der Waals surface area contributed by atoms with E-state index in [1.165, 1.54) is 128 Å². The zero-order chi connectivity index (χ0) is 56.1. The summed E-state index contributed by atoms with van der Waals surface area (Å²) in [7, 11) is 0. The predicted octanol–water partition coefficient (Wildman–Crippen LogP) is 16.8. The molecule has 0 aromatic carbocycles. The standard InChI is InChI=1S/C65H116O12/c1-4-7-10-13-16-19-22-24-26-28-29-31-32-34-37-39-42-45-48-51-57(66)73-54-56(75-58(67)52-49-46-43-40-36-21-18-15-12-9-6-3)55-74-65-63(61(70)60(69)62(77-65)64(71)72)76-59(68)53-50-47-44-41-38-35-33-30-27-25-23-20-17-14-11-8-5-2/h15,17-18,20,25,27,56,60-63,65,69-70H,4-14,16,19,21-24,26,28-55H2,1-3H3,(H,71,72)/b18-15-,20-17-,27-25-. The van der Waals surface area contributed by atoms with Gasteiger partial charge in [-0.3, -0.25) is 14.4 Å². The average Bonchev–Trinajstić information content (AvgIpc) is 3.42. The Kier molecular flexibility index (Phi) is 50.1. The summed E-state index contributed by atoms with van der Waals surface area (Å²) in [5.41, 5.74) is 0. The molecule has 1 rings (SSSR count). The van der Waals surface area contributed by atoms with Gasteiger partial charge < -0.3 is 39.0 Å². The van der Waals surface area contributed by atoms with Crippen LogP contribution in [0.5, 0.6) is 0 Å². The molecule has 0 bridgehead atoms. The highest BCUT2D eigenvalue weighted by Gasteiger charge is 2.50. The van der Waals surface area contributed by atoms with Gasteiger partial charge in [0.1, 0.15) is 18.8 Å². The van der Waals surface area contributed by atoms with Crippen molar-refractivity contribution in [2.24, 2.45) is 0 Å².